The molecule has 0 fully saturated rings. The van der Waals surface area contributed by atoms with Crippen molar-refractivity contribution in [3.63, 3.8) is 0 Å². The molecule has 30 heavy (non-hydrogen) atoms. The molecule has 0 heterocycles. The Morgan fingerprint density at radius 3 is 1.67 bits per heavy atom. The molecule has 0 bridgehead atoms. The number of carbonyl (C=O) groups excluding carboxylic acids is 3. The van der Waals surface area contributed by atoms with E-state index >= 15 is 0 Å². The second-order valence-electron chi connectivity index (χ2n) is 7.18. The quantitative estimate of drug-likeness (QED) is 0.234. The summed E-state index contributed by atoms with van der Waals surface area (Å²) < 4.78 is 0. The van der Waals surface area contributed by atoms with Crippen LogP contribution in [0, 0.1) is 5.92 Å². The predicted octanol–water partition coefficient (Wildman–Crippen LogP) is 0.425. The van der Waals surface area contributed by atoms with Crippen LogP contribution in [0.25, 0.3) is 0 Å². The van der Waals surface area contributed by atoms with Gasteiger partial charge in [-0.25, -0.2) is 4.79 Å². The molecule has 0 radical (unpaired) electrons. The molecule has 3 amide bonds. The highest BCUT2D eigenvalue weighted by atomic mass is 32.2. The highest BCUT2D eigenvalue weighted by Crippen LogP contribution is 2.10. The average molecular weight is 465 g/mol. The summed E-state index contributed by atoms with van der Waals surface area (Å²) in [5, 5.41) is 17.3. The van der Waals surface area contributed by atoms with Gasteiger partial charge in [0.25, 0.3) is 0 Å². The fraction of sp³-hybridized carbons (Fsp3) is 0.789. The van der Waals surface area contributed by atoms with Crippen molar-refractivity contribution in [3.8, 4) is 0 Å². The van der Waals surface area contributed by atoms with E-state index < -0.39 is 47.9 Å². The number of aliphatic carboxylic acids is 1. The second kappa shape index (κ2) is 15.4. The van der Waals surface area contributed by atoms with Crippen LogP contribution in [0.15, 0.2) is 0 Å². The molecule has 0 saturated carbocycles. The number of thioether (sulfide) groups is 2. The van der Waals surface area contributed by atoms with Crippen LogP contribution in [-0.4, -0.2) is 77.0 Å². The van der Waals surface area contributed by atoms with Crippen LogP contribution < -0.4 is 21.7 Å². The third kappa shape index (κ3) is 10.5. The van der Waals surface area contributed by atoms with E-state index in [1.54, 1.807) is 6.92 Å². The number of carboxylic acids is 1. The number of nitrogens with two attached hydrogens (primary N) is 1. The van der Waals surface area contributed by atoms with Crippen molar-refractivity contribution >= 4 is 47.2 Å². The molecule has 0 spiro atoms. The van der Waals surface area contributed by atoms with Gasteiger partial charge in [-0.3, -0.25) is 14.4 Å². The van der Waals surface area contributed by atoms with Crippen molar-refractivity contribution in [2.75, 3.05) is 24.0 Å². The lowest BCUT2D eigenvalue weighted by atomic mass is 9.98. The van der Waals surface area contributed by atoms with Crippen molar-refractivity contribution in [2.24, 2.45) is 11.7 Å². The summed E-state index contributed by atoms with van der Waals surface area (Å²) in [6.45, 7) is 5.11. The summed E-state index contributed by atoms with van der Waals surface area (Å²) in [6.07, 6.45) is 5.06. The van der Waals surface area contributed by atoms with E-state index in [1.807, 2.05) is 19.4 Å². The molecule has 5 atom stereocenters. The van der Waals surface area contributed by atoms with Crippen LogP contribution in [0.2, 0.25) is 0 Å². The van der Waals surface area contributed by atoms with Crippen molar-refractivity contribution in [2.45, 2.75) is 64.2 Å². The minimum atomic E-state index is -1.12. The van der Waals surface area contributed by atoms with Gasteiger partial charge in [0.15, 0.2) is 0 Å². The van der Waals surface area contributed by atoms with Crippen LogP contribution in [-0.2, 0) is 19.2 Å². The largest absolute Gasteiger partial charge is 0.480 e. The lowest BCUT2D eigenvalue weighted by Crippen LogP contribution is -2.57. The zero-order valence-electron chi connectivity index (χ0n) is 18.4. The Balaban J connectivity index is 5.37. The van der Waals surface area contributed by atoms with Gasteiger partial charge >= 0.3 is 5.97 Å². The van der Waals surface area contributed by atoms with Gasteiger partial charge in [0.1, 0.15) is 18.1 Å². The summed E-state index contributed by atoms with van der Waals surface area (Å²) in [6, 6.07) is -3.54. The number of carboxylic acid groups (broad SMARTS) is 1. The number of hydrogen-bond donors (Lipinski definition) is 5. The Hall–Kier alpha value is -1.46. The van der Waals surface area contributed by atoms with Crippen LogP contribution in [0.3, 0.4) is 0 Å². The molecule has 11 heteroatoms. The van der Waals surface area contributed by atoms with Crippen LogP contribution in [0.1, 0.15) is 40.0 Å². The van der Waals surface area contributed by atoms with E-state index in [2.05, 4.69) is 16.0 Å². The van der Waals surface area contributed by atoms with Gasteiger partial charge in [-0.05, 0) is 49.7 Å². The smallest absolute Gasteiger partial charge is 0.326 e. The molecular formula is C19H36N4O5S2. The molecule has 0 aromatic carbocycles. The fourth-order valence-corrected chi connectivity index (χ4v) is 3.46. The Kier molecular flexibility index (Phi) is 14.6. The minimum absolute atomic E-state index is 0.261. The molecule has 0 rings (SSSR count). The zero-order chi connectivity index (χ0) is 23.3. The minimum Gasteiger partial charge on any atom is -0.480 e. The van der Waals surface area contributed by atoms with Crippen molar-refractivity contribution in [1.29, 1.82) is 0 Å². The summed E-state index contributed by atoms with van der Waals surface area (Å²) in [5.41, 5.74) is 5.58. The Morgan fingerprint density at radius 1 is 0.867 bits per heavy atom. The lowest BCUT2D eigenvalue weighted by molar-refractivity contribution is -0.143. The lowest BCUT2D eigenvalue weighted by Gasteiger charge is -2.26. The number of nitrogens with one attached hydrogen (secondary N) is 3. The predicted molar refractivity (Wildman–Crippen MR) is 123 cm³/mol. The van der Waals surface area contributed by atoms with Gasteiger partial charge in [0.05, 0.1) is 6.04 Å². The maximum atomic E-state index is 12.8. The molecule has 0 saturated heterocycles. The third-order valence-electron chi connectivity index (χ3n) is 4.68. The second-order valence-corrected chi connectivity index (χ2v) is 9.16. The van der Waals surface area contributed by atoms with Gasteiger partial charge < -0.3 is 26.8 Å². The van der Waals surface area contributed by atoms with Crippen molar-refractivity contribution < 1.29 is 24.3 Å². The topological polar surface area (TPSA) is 151 Å². The van der Waals surface area contributed by atoms with Crippen molar-refractivity contribution in [3.05, 3.63) is 0 Å². The zero-order valence-corrected chi connectivity index (χ0v) is 20.0. The molecular weight excluding hydrogens is 428 g/mol. The number of rotatable bonds is 15. The van der Waals surface area contributed by atoms with Gasteiger partial charge in [-0.2, -0.15) is 23.5 Å². The maximum Gasteiger partial charge on any atom is 0.326 e. The van der Waals surface area contributed by atoms with E-state index in [1.165, 1.54) is 30.4 Å². The van der Waals surface area contributed by atoms with Gasteiger partial charge in [-0.1, -0.05) is 20.3 Å². The first kappa shape index (κ1) is 28.5. The van der Waals surface area contributed by atoms with E-state index in [4.69, 9.17) is 5.73 Å². The van der Waals surface area contributed by atoms with Crippen LogP contribution in [0.4, 0.5) is 0 Å². The number of carbonyl (C=O) groups is 4. The highest BCUT2D eigenvalue weighted by molar-refractivity contribution is 7.98. The summed E-state index contributed by atoms with van der Waals surface area (Å²) >= 11 is 3.04. The Labute approximate surface area is 187 Å². The van der Waals surface area contributed by atoms with Crippen LogP contribution in [0.5, 0.6) is 0 Å². The van der Waals surface area contributed by atoms with E-state index in [-0.39, 0.29) is 5.92 Å². The standard InChI is InChI=1S/C19H36N4O5S2/c1-6-11(2)15(19(27)28)23-18(26)14(8-10-30-5)22-17(25)13(7-9-29-4)21-16(24)12(3)20/h11-15H,6-10,20H2,1-5H3,(H,21,24)(H,22,25)(H,23,26)(H,27,28). The van der Waals surface area contributed by atoms with Crippen LogP contribution >= 0.6 is 23.5 Å². The average Bonchev–Trinajstić information content (AvgIpc) is 2.70. The first-order valence-corrected chi connectivity index (χ1v) is 12.7. The van der Waals surface area contributed by atoms with Gasteiger partial charge in [0.2, 0.25) is 17.7 Å². The molecule has 0 aromatic rings. The molecule has 9 nitrogen and oxygen atoms in total. The SMILES string of the molecule is CCC(C)C(NC(=O)C(CCSC)NC(=O)C(CCSC)NC(=O)C(C)N)C(=O)O. The number of amides is 3. The first-order chi connectivity index (χ1) is 14.1. The monoisotopic (exact) mass is 464 g/mol. The number of hydrogen-bond acceptors (Lipinski definition) is 7. The highest BCUT2D eigenvalue weighted by Gasteiger charge is 2.31. The normalized spacial score (nSPS) is 15.9. The molecule has 0 aliphatic rings. The summed E-state index contributed by atoms with van der Waals surface area (Å²) in [7, 11) is 0. The Bertz CT molecular complexity index is 577. The fourth-order valence-electron chi connectivity index (χ4n) is 2.52. The molecule has 0 aliphatic carbocycles. The first-order valence-electron chi connectivity index (χ1n) is 9.96. The third-order valence-corrected chi connectivity index (χ3v) is 5.97. The van der Waals surface area contributed by atoms with Gasteiger partial charge in [0, 0.05) is 0 Å². The van der Waals surface area contributed by atoms with E-state index in [0.29, 0.717) is 30.8 Å². The molecule has 6 N–H and O–H groups in total. The molecule has 5 unspecified atom stereocenters. The summed E-state index contributed by atoms with van der Waals surface area (Å²) in [4.78, 5) is 49.1. The molecule has 0 aliphatic heterocycles. The Morgan fingerprint density at radius 2 is 1.30 bits per heavy atom. The maximum absolute atomic E-state index is 12.8. The summed E-state index contributed by atoms with van der Waals surface area (Å²) in [5.74, 6) is -1.64. The van der Waals surface area contributed by atoms with Gasteiger partial charge in [-0.15, -0.1) is 0 Å². The van der Waals surface area contributed by atoms with E-state index in [9.17, 15) is 24.3 Å². The molecule has 0 aromatic heterocycles. The molecule has 174 valence electrons. The van der Waals surface area contributed by atoms with E-state index in [0.717, 1.165) is 0 Å². The van der Waals surface area contributed by atoms with Crippen molar-refractivity contribution in [1.82, 2.24) is 16.0 Å².